The molecule has 0 saturated heterocycles. The third-order valence-electron chi connectivity index (χ3n) is 5.38. The number of fused-ring (bicyclic) bond motifs is 6. The number of anilines is 1. The summed E-state index contributed by atoms with van der Waals surface area (Å²) in [4.78, 5) is 2.12. The van der Waals surface area contributed by atoms with E-state index in [1.807, 2.05) is 35.2 Å². The summed E-state index contributed by atoms with van der Waals surface area (Å²) in [7, 11) is 1.71. The largest absolute Gasteiger partial charge is 0.372 e. The minimum Gasteiger partial charge on any atom is -0.372 e. The molecule has 0 unspecified atom stereocenters. The van der Waals surface area contributed by atoms with Gasteiger partial charge in [-0.25, -0.2) is 4.57 Å². The monoisotopic (exact) mass is 382 g/mol. The van der Waals surface area contributed by atoms with Crippen molar-refractivity contribution in [1.29, 1.82) is 0 Å². The van der Waals surface area contributed by atoms with Gasteiger partial charge in [0.15, 0.2) is 5.82 Å². The Kier molecular flexibility index (Phi) is 2.86. The second-order valence-electron chi connectivity index (χ2n) is 6.88. The molecule has 1 saturated carbocycles. The summed E-state index contributed by atoms with van der Waals surface area (Å²) in [5.74, 6) is 2.19. The van der Waals surface area contributed by atoms with Gasteiger partial charge in [-0.05, 0) is 25.0 Å². The van der Waals surface area contributed by atoms with Crippen LogP contribution in [0, 0.1) is 0 Å². The Bertz CT molecular complexity index is 1100. The highest BCUT2D eigenvalue weighted by Crippen LogP contribution is 2.48. The van der Waals surface area contributed by atoms with E-state index >= 15 is 0 Å². The molecule has 4 heterocycles. The van der Waals surface area contributed by atoms with Crippen LogP contribution in [0.4, 0.5) is 5.69 Å². The quantitative estimate of drug-likeness (QED) is 0.642. The third kappa shape index (κ3) is 1.98. The number of methoxy groups -OCH3 is 1. The number of ether oxygens (including phenoxy) is 1. The lowest BCUT2D eigenvalue weighted by Gasteiger charge is -2.29. The Morgan fingerprint density at radius 3 is 2.81 bits per heavy atom. The molecule has 1 fully saturated rings. The van der Waals surface area contributed by atoms with E-state index in [2.05, 4.69) is 31.5 Å². The van der Waals surface area contributed by atoms with Crippen LogP contribution in [-0.2, 0) is 10.3 Å². The molecule has 0 atom stereocenters. The topological polar surface area (TPSA) is 77.1 Å². The average Bonchev–Trinajstić information content (AvgIpc) is 3.03. The number of hydrogen-bond donors (Lipinski definition) is 0. The zero-order chi connectivity index (χ0) is 18.2. The minimum atomic E-state index is -0.304. The Balaban J connectivity index is 1.54. The Labute approximate surface area is 159 Å². The summed E-state index contributed by atoms with van der Waals surface area (Å²) in [5.41, 5.74) is 2.56. The third-order valence-corrected chi connectivity index (χ3v) is 5.58. The van der Waals surface area contributed by atoms with E-state index in [1.54, 1.807) is 16.2 Å². The fourth-order valence-electron chi connectivity index (χ4n) is 3.78. The molecular weight excluding hydrogens is 368 g/mol. The number of aromatic nitrogens is 6. The van der Waals surface area contributed by atoms with Crippen LogP contribution in [0.25, 0.3) is 23.2 Å². The first kappa shape index (κ1) is 15.2. The van der Waals surface area contributed by atoms with Gasteiger partial charge in [0.1, 0.15) is 23.8 Å². The van der Waals surface area contributed by atoms with E-state index in [0.29, 0.717) is 12.6 Å². The van der Waals surface area contributed by atoms with E-state index in [-0.39, 0.29) is 5.60 Å². The summed E-state index contributed by atoms with van der Waals surface area (Å²) >= 11 is 6.29. The van der Waals surface area contributed by atoms with E-state index in [9.17, 15) is 0 Å². The van der Waals surface area contributed by atoms with Crippen LogP contribution < -0.4 is 4.90 Å². The van der Waals surface area contributed by atoms with Crippen LogP contribution in [0.15, 0.2) is 36.7 Å². The summed E-state index contributed by atoms with van der Waals surface area (Å²) in [6, 6.07) is 8.08. The predicted molar refractivity (Wildman–Crippen MR) is 97.6 cm³/mol. The van der Waals surface area contributed by atoms with Crippen molar-refractivity contribution in [1.82, 2.24) is 34.2 Å². The van der Waals surface area contributed by atoms with Gasteiger partial charge in [0.05, 0.1) is 18.1 Å². The maximum atomic E-state index is 6.29. The molecule has 0 amide bonds. The van der Waals surface area contributed by atoms with Gasteiger partial charge in [-0.3, -0.25) is 4.42 Å². The molecule has 9 nitrogen and oxygen atoms in total. The van der Waals surface area contributed by atoms with Crippen molar-refractivity contribution in [2.75, 3.05) is 18.7 Å². The molecule has 3 aliphatic rings. The molecule has 6 rings (SSSR count). The Morgan fingerprint density at radius 1 is 1.15 bits per heavy atom. The van der Waals surface area contributed by atoms with E-state index in [0.717, 1.165) is 41.4 Å². The highest BCUT2D eigenvalue weighted by molar-refractivity contribution is 6.15. The molecule has 0 N–H and O–H groups in total. The van der Waals surface area contributed by atoms with E-state index < -0.39 is 0 Å². The van der Waals surface area contributed by atoms with Gasteiger partial charge in [0, 0.05) is 24.4 Å². The Hall–Kier alpha value is -2.91. The molecule has 0 bridgehead atoms. The number of hydrogen-bond acceptors (Lipinski definition) is 7. The summed E-state index contributed by atoms with van der Waals surface area (Å²) < 4.78 is 10.8. The van der Waals surface area contributed by atoms with Crippen LogP contribution in [0.1, 0.15) is 18.5 Å². The van der Waals surface area contributed by atoms with Crippen molar-refractivity contribution in [3.8, 4) is 17.3 Å². The highest BCUT2D eigenvalue weighted by atomic mass is 35.5. The summed E-state index contributed by atoms with van der Waals surface area (Å²) in [5, 5.41) is 17.4. The minimum absolute atomic E-state index is 0.304. The fraction of sp³-hybridized carbons (Fsp3) is 0.294. The zero-order valence-electron chi connectivity index (χ0n) is 14.4. The van der Waals surface area contributed by atoms with Gasteiger partial charge in [-0.1, -0.05) is 17.3 Å². The van der Waals surface area contributed by atoms with Crippen molar-refractivity contribution < 1.29 is 4.74 Å². The SMILES string of the molecule is COC1(c2cn(-c3nnc4n3C3=CN(Cl)CN3c3ccccc3-4)nn2)CC1. The maximum absolute atomic E-state index is 6.29. The maximum Gasteiger partial charge on any atom is 0.259 e. The molecule has 10 heteroatoms. The lowest BCUT2D eigenvalue weighted by atomic mass is 10.1. The number of rotatable bonds is 3. The molecule has 136 valence electrons. The number of para-hydroxylation sites is 1. The molecule has 2 aliphatic heterocycles. The van der Waals surface area contributed by atoms with Crippen molar-refractivity contribution in [2.45, 2.75) is 18.4 Å². The molecule has 0 spiro atoms. The second-order valence-corrected chi connectivity index (χ2v) is 7.31. The van der Waals surface area contributed by atoms with Crippen LogP contribution >= 0.6 is 11.8 Å². The van der Waals surface area contributed by atoms with Crippen molar-refractivity contribution in [3.63, 3.8) is 0 Å². The van der Waals surface area contributed by atoms with E-state index in [1.165, 1.54) is 0 Å². The molecular formula is C17H15ClN8O. The smallest absolute Gasteiger partial charge is 0.259 e. The van der Waals surface area contributed by atoms with E-state index in [4.69, 9.17) is 16.5 Å². The van der Waals surface area contributed by atoms with Crippen LogP contribution in [0.2, 0.25) is 0 Å². The summed E-state index contributed by atoms with van der Waals surface area (Å²) in [6.07, 6.45) is 5.64. The molecule has 2 aromatic heterocycles. The van der Waals surface area contributed by atoms with Crippen LogP contribution in [-0.4, -0.2) is 48.0 Å². The molecule has 3 aromatic rings. The lowest BCUT2D eigenvalue weighted by Crippen LogP contribution is -2.29. The normalized spacial score (nSPS) is 18.8. The van der Waals surface area contributed by atoms with Gasteiger partial charge in [-0.15, -0.1) is 15.3 Å². The van der Waals surface area contributed by atoms with Crippen LogP contribution in [0.5, 0.6) is 0 Å². The number of halogens is 1. The average molecular weight is 383 g/mol. The molecule has 0 radical (unpaired) electrons. The van der Waals surface area contributed by atoms with Gasteiger partial charge in [-0.2, -0.15) is 4.68 Å². The summed E-state index contributed by atoms with van der Waals surface area (Å²) in [6.45, 7) is 0.542. The lowest BCUT2D eigenvalue weighted by molar-refractivity contribution is 0.0751. The van der Waals surface area contributed by atoms with Crippen LogP contribution in [0.3, 0.4) is 0 Å². The first-order valence-electron chi connectivity index (χ1n) is 8.65. The molecule has 1 aliphatic carbocycles. The first-order valence-corrected chi connectivity index (χ1v) is 8.99. The zero-order valence-corrected chi connectivity index (χ0v) is 15.2. The Morgan fingerprint density at radius 2 is 2.00 bits per heavy atom. The standard InChI is InChI=1S/C17H15ClN8O/c1-27-17(6-7-17)13-8-25(22-19-13)16-21-20-15-11-4-2-3-5-12(11)24-10-23(18)9-14(24)26(15)16/h2-5,8-9H,6-7,10H2,1H3. The van der Waals surface area contributed by atoms with Gasteiger partial charge < -0.3 is 9.64 Å². The van der Waals surface area contributed by atoms with Gasteiger partial charge in [0.25, 0.3) is 5.95 Å². The van der Waals surface area contributed by atoms with Crippen molar-refractivity contribution >= 4 is 23.3 Å². The highest BCUT2D eigenvalue weighted by Gasteiger charge is 2.47. The van der Waals surface area contributed by atoms with Gasteiger partial charge in [0.2, 0.25) is 0 Å². The molecule has 27 heavy (non-hydrogen) atoms. The second kappa shape index (κ2) is 5.08. The van der Waals surface area contributed by atoms with Crippen molar-refractivity contribution in [3.05, 3.63) is 42.4 Å². The molecule has 1 aromatic carbocycles. The fourth-order valence-corrected chi connectivity index (χ4v) is 3.97. The first-order chi connectivity index (χ1) is 13.2. The number of nitrogens with zero attached hydrogens (tertiary/aromatic N) is 8. The van der Waals surface area contributed by atoms with Gasteiger partial charge >= 0.3 is 0 Å². The number of benzene rings is 1. The van der Waals surface area contributed by atoms with Crippen molar-refractivity contribution in [2.24, 2.45) is 0 Å². The predicted octanol–water partition coefficient (Wildman–Crippen LogP) is 2.16.